The molecule has 0 aliphatic carbocycles. The summed E-state index contributed by atoms with van der Waals surface area (Å²) >= 11 is 0. The summed E-state index contributed by atoms with van der Waals surface area (Å²) in [5.74, 6) is 0. The minimum absolute atomic E-state index is 0.146. The summed E-state index contributed by atoms with van der Waals surface area (Å²) in [6.07, 6.45) is 0. The lowest BCUT2D eigenvalue weighted by molar-refractivity contribution is -0.540. The molecular weight excluding hydrogens is 633 g/mol. The zero-order chi connectivity index (χ0) is 34.7. The van der Waals surface area contributed by atoms with Gasteiger partial charge in [0.2, 0.25) is 23.5 Å². The second-order valence-electron chi connectivity index (χ2n) is 13.0. The standard InChI is InChI=1S/C48H36N4/c1-7-20-35(21-8-1)43-45(37-24-11-3-12-25-37)49-51(47(43)39-28-15-5-16-29-39)41-32-19-33-42(34-41)52-48(40-30-17-6-18-31-40)44(36-22-9-2-10-23-36)46(50-52)38-26-13-4-14-27-38/h1-34,47-48H/q+2. The molecule has 2 aliphatic heterocycles. The van der Waals surface area contributed by atoms with Gasteiger partial charge in [-0.2, -0.15) is 0 Å². The Bertz CT molecular complexity index is 2300. The molecule has 0 saturated heterocycles. The van der Waals surface area contributed by atoms with Crippen molar-refractivity contribution in [3.63, 3.8) is 0 Å². The molecule has 7 aromatic carbocycles. The lowest BCUT2D eigenvalue weighted by Gasteiger charge is -2.15. The van der Waals surface area contributed by atoms with Gasteiger partial charge in [0.25, 0.3) is 0 Å². The number of hydrogen-bond donors (Lipinski definition) is 0. The lowest BCUT2D eigenvalue weighted by Crippen LogP contribution is -2.13. The van der Waals surface area contributed by atoms with Crippen LogP contribution in [0.1, 0.15) is 45.5 Å². The molecule has 0 bridgehead atoms. The van der Waals surface area contributed by atoms with Crippen LogP contribution < -0.4 is 0 Å². The Morgan fingerprint density at radius 1 is 0.308 bits per heavy atom. The summed E-state index contributed by atoms with van der Waals surface area (Å²) in [5, 5.41) is 10.9. The maximum atomic E-state index is 5.47. The fraction of sp³-hybridized carbons (Fsp3) is 0.0417. The van der Waals surface area contributed by atoms with E-state index in [2.05, 4.69) is 216 Å². The van der Waals surface area contributed by atoms with Crippen LogP contribution in [0.2, 0.25) is 0 Å². The Morgan fingerprint density at radius 2 is 0.615 bits per heavy atom. The molecular formula is C48H36N4+2. The first-order valence-electron chi connectivity index (χ1n) is 17.8. The van der Waals surface area contributed by atoms with E-state index in [0.29, 0.717) is 0 Å². The Balaban J connectivity index is 1.23. The molecule has 0 N–H and O–H groups in total. The van der Waals surface area contributed by atoms with Gasteiger partial charge in [0.15, 0.2) is 0 Å². The summed E-state index contributed by atoms with van der Waals surface area (Å²) in [4.78, 5) is 0. The van der Waals surface area contributed by atoms with Crippen LogP contribution in [-0.4, -0.2) is 9.39 Å². The van der Waals surface area contributed by atoms with Crippen LogP contribution in [0.5, 0.6) is 0 Å². The van der Waals surface area contributed by atoms with Gasteiger partial charge in [0.05, 0.1) is 17.2 Å². The van der Waals surface area contributed by atoms with Crippen LogP contribution in [0, 0.1) is 0 Å². The molecule has 4 heteroatoms. The predicted molar refractivity (Wildman–Crippen MR) is 209 cm³/mol. The van der Waals surface area contributed by atoms with Gasteiger partial charge >= 0.3 is 0 Å². The zero-order valence-electron chi connectivity index (χ0n) is 28.6. The van der Waals surface area contributed by atoms with Gasteiger partial charge in [0.1, 0.15) is 11.4 Å². The number of nitrogens with zero attached hydrogens (tertiary/aromatic N) is 4. The fourth-order valence-electron chi connectivity index (χ4n) is 7.46. The SMILES string of the molecule is c1ccc(C2=C(c3ccccc3)C(c3ccccc3)[N+](c3cccc([N+]4=NC(c5ccccc5)=C(c5ccccc5)C4c4ccccc4)c3)=N2)cc1. The van der Waals surface area contributed by atoms with Crippen LogP contribution in [0.25, 0.3) is 22.5 Å². The van der Waals surface area contributed by atoms with Crippen LogP contribution in [0.4, 0.5) is 11.4 Å². The normalized spacial score (nSPS) is 16.9. The molecule has 52 heavy (non-hydrogen) atoms. The van der Waals surface area contributed by atoms with Crippen molar-refractivity contribution in [2.24, 2.45) is 10.2 Å². The first kappa shape index (κ1) is 31.2. The van der Waals surface area contributed by atoms with Gasteiger partial charge in [-0.1, -0.05) is 191 Å². The largest absolute Gasteiger partial charge is 0.239 e. The summed E-state index contributed by atoms with van der Waals surface area (Å²) < 4.78 is 4.39. The molecule has 246 valence electrons. The Hall–Kier alpha value is -6.78. The van der Waals surface area contributed by atoms with E-state index < -0.39 is 0 Å². The van der Waals surface area contributed by atoms with Crippen molar-refractivity contribution in [1.82, 2.24) is 0 Å². The summed E-state index contributed by atoms with van der Waals surface area (Å²) in [6.45, 7) is 0. The molecule has 2 unspecified atom stereocenters. The first-order chi connectivity index (χ1) is 25.8. The van der Waals surface area contributed by atoms with E-state index in [-0.39, 0.29) is 12.1 Å². The van der Waals surface area contributed by atoms with Gasteiger partial charge in [-0.25, -0.2) is 0 Å². The molecule has 2 heterocycles. The van der Waals surface area contributed by atoms with Crippen molar-refractivity contribution in [1.29, 1.82) is 0 Å². The van der Waals surface area contributed by atoms with Crippen molar-refractivity contribution in [3.8, 4) is 0 Å². The van der Waals surface area contributed by atoms with E-state index >= 15 is 0 Å². The molecule has 0 amide bonds. The molecule has 0 radical (unpaired) electrons. The monoisotopic (exact) mass is 668 g/mol. The summed E-state index contributed by atoms with van der Waals surface area (Å²) in [5.41, 5.74) is 13.1. The van der Waals surface area contributed by atoms with Gasteiger partial charge in [-0.05, 0) is 17.2 Å². The average molecular weight is 669 g/mol. The van der Waals surface area contributed by atoms with Crippen LogP contribution in [-0.2, 0) is 0 Å². The van der Waals surface area contributed by atoms with Crippen molar-refractivity contribution in [3.05, 3.63) is 240 Å². The minimum atomic E-state index is -0.146. The minimum Gasteiger partial charge on any atom is -0.0719 e. The average Bonchev–Trinajstić information content (AvgIpc) is 3.84. The maximum Gasteiger partial charge on any atom is 0.239 e. The zero-order valence-corrected chi connectivity index (χ0v) is 28.6. The molecule has 0 aromatic heterocycles. The van der Waals surface area contributed by atoms with Crippen molar-refractivity contribution >= 4 is 33.9 Å². The molecule has 2 atom stereocenters. The molecule has 0 fully saturated rings. The van der Waals surface area contributed by atoms with Gasteiger partial charge in [0, 0.05) is 44.6 Å². The fourth-order valence-corrected chi connectivity index (χ4v) is 7.46. The predicted octanol–water partition coefficient (Wildman–Crippen LogP) is 12.5. The quantitative estimate of drug-likeness (QED) is 0.144. The number of azo groups is 4. The lowest BCUT2D eigenvalue weighted by atomic mass is 9.90. The Kier molecular flexibility index (Phi) is 8.32. The van der Waals surface area contributed by atoms with Crippen LogP contribution in [0.15, 0.2) is 216 Å². The van der Waals surface area contributed by atoms with E-state index in [1.54, 1.807) is 0 Å². The highest BCUT2D eigenvalue weighted by molar-refractivity contribution is 5.94. The number of benzene rings is 7. The van der Waals surface area contributed by atoms with E-state index in [4.69, 9.17) is 10.2 Å². The van der Waals surface area contributed by atoms with E-state index in [0.717, 1.165) is 45.0 Å². The third kappa shape index (κ3) is 5.80. The van der Waals surface area contributed by atoms with E-state index in [1.807, 2.05) is 0 Å². The number of hydrogen-bond acceptors (Lipinski definition) is 2. The second kappa shape index (κ2) is 13.9. The summed E-state index contributed by atoms with van der Waals surface area (Å²) in [7, 11) is 0. The van der Waals surface area contributed by atoms with Gasteiger partial charge in [-0.3, -0.25) is 0 Å². The molecule has 2 aliphatic rings. The van der Waals surface area contributed by atoms with Gasteiger partial charge < -0.3 is 0 Å². The van der Waals surface area contributed by atoms with Crippen molar-refractivity contribution in [2.75, 3.05) is 0 Å². The smallest absolute Gasteiger partial charge is 0.0719 e. The van der Waals surface area contributed by atoms with E-state index in [9.17, 15) is 0 Å². The topological polar surface area (TPSA) is 30.7 Å². The third-order valence-corrected chi connectivity index (χ3v) is 9.82. The molecule has 4 nitrogen and oxygen atoms in total. The Morgan fingerprint density at radius 3 is 0.962 bits per heavy atom. The molecule has 0 spiro atoms. The maximum absolute atomic E-state index is 5.47. The molecule has 9 rings (SSSR count). The Labute approximate surface area is 304 Å². The highest BCUT2D eigenvalue weighted by Crippen LogP contribution is 2.50. The molecule has 0 saturated carbocycles. The summed E-state index contributed by atoms with van der Waals surface area (Å²) in [6, 6.07) is 72.2. The van der Waals surface area contributed by atoms with Gasteiger partial charge in [-0.15, -0.1) is 0 Å². The molecule has 7 aromatic rings. The van der Waals surface area contributed by atoms with Crippen LogP contribution in [0.3, 0.4) is 0 Å². The second-order valence-corrected chi connectivity index (χ2v) is 13.0. The number of rotatable bonds is 8. The van der Waals surface area contributed by atoms with Crippen molar-refractivity contribution in [2.45, 2.75) is 12.1 Å². The van der Waals surface area contributed by atoms with E-state index in [1.165, 1.54) is 22.3 Å². The highest BCUT2D eigenvalue weighted by Gasteiger charge is 2.44. The van der Waals surface area contributed by atoms with Crippen molar-refractivity contribution < 1.29 is 9.39 Å². The first-order valence-corrected chi connectivity index (χ1v) is 17.8. The van der Waals surface area contributed by atoms with Crippen LogP contribution >= 0.6 is 0 Å². The highest BCUT2D eigenvalue weighted by atomic mass is 15.3. The third-order valence-electron chi connectivity index (χ3n) is 9.82.